The molecule has 1 fully saturated rings. The van der Waals surface area contributed by atoms with Crippen molar-refractivity contribution in [1.29, 1.82) is 5.26 Å². The van der Waals surface area contributed by atoms with Crippen LogP contribution in [0.2, 0.25) is 0 Å². The summed E-state index contributed by atoms with van der Waals surface area (Å²) in [6.07, 6.45) is 0.401. The molecule has 3 amide bonds. The summed E-state index contributed by atoms with van der Waals surface area (Å²) in [5.41, 5.74) is 0.969. The van der Waals surface area contributed by atoms with Crippen molar-refractivity contribution < 1.29 is 14.3 Å². The predicted molar refractivity (Wildman–Crippen MR) is 88.5 cm³/mol. The van der Waals surface area contributed by atoms with Crippen molar-refractivity contribution in [2.45, 2.75) is 18.5 Å². The summed E-state index contributed by atoms with van der Waals surface area (Å²) in [6, 6.07) is 15.8. The molecule has 1 spiro atoms. The van der Waals surface area contributed by atoms with E-state index >= 15 is 0 Å². The van der Waals surface area contributed by atoms with E-state index in [1.165, 1.54) is 4.90 Å². The van der Waals surface area contributed by atoms with Gasteiger partial charge in [-0.25, -0.2) is 4.79 Å². The Morgan fingerprint density at radius 2 is 1.92 bits per heavy atom. The van der Waals surface area contributed by atoms with Gasteiger partial charge in [-0.1, -0.05) is 30.3 Å². The quantitative estimate of drug-likeness (QED) is 0.855. The number of nitrogens with one attached hydrogen (secondary N) is 1. The predicted octanol–water partition coefficient (Wildman–Crippen LogP) is 2.29. The fraction of sp³-hybridized carbons (Fsp3) is 0.211. The number of hydrogen-bond donors (Lipinski definition) is 1. The van der Waals surface area contributed by atoms with Gasteiger partial charge in [-0.3, -0.25) is 9.69 Å². The smallest absolute Gasteiger partial charge is 0.325 e. The number of nitriles is 1. The summed E-state index contributed by atoms with van der Waals surface area (Å²) >= 11 is 0. The topological polar surface area (TPSA) is 82.4 Å². The molecule has 2 aliphatic rings. The maximum absolute atomic E-state index is 13.1. The number of carbonyl (C=O) groups is 2. The summed E-state index contributed by atoms with van der Waals surface area (Å²) in [5, 5.41) is 11.7. The zero-order valence-electron chi connectivity index (χ0n) is 13.4. The lowest BCUT2D eigenvalue weighted by molar-refractivity contribution is -0.133. The lowest BCUT2D eigenvalue weighted by Crippen LogP contribution is -2.47. The number of para-hydroxylation sites is 1. The molecule has 1 saturated heterocycles. The summed E-state index contributed by atoms with van der Waals surface area (Å²) in [7, 11) is 0. The van der Waals surface area contributed by atoms with E-state index < -0.39 is 11.6 Å². The maximum Gasteiger partial charge on any atom is 0.325 e. The minimum absolute atomic E-state index is 0.168. The van der Waals surface area contributed by atoms with Crippen LogP contribution in [0, 0.1) is 11.3 Å². The van der Waals surface area contributed by atoms with Gasteiger partial charge >= 0.3 is 6.03 Å². The first-order valence-electron chi connectivity index (χ1n) is 7.99. The second-order valence-electron chi connectivity index (χ2n) is 6.13. The van der Waals surface area contributed by atoms with Crippen LogP contribution >= 0.6 is 0 Å². The van der Waals surface area contributed by atoms with Gasteiger partial charge in [-0.2, -0.15) is 5.26 Å². The van der Waals surface area contributed by atoms with Crippen molar-refractivity contribution in [3.8, 4) is 11.8 Å². The Morgan fingerprint density at radius 1 is 1.16 bits per heavy atom. The van der Waals surface area contributed by atoms with Crippen LogP contribution in [0.3, 0.4) is 0 Å². The van der Waals surface area contributed by atoms with Crippen LogP contribution < -0.4 is 10.1 Å². The molecule has 0 unspecified atom stereocenters. The van der Waals surface area contributed by atoms with Crippen molar-refractivity contribution in [3.05, 3.63) is 65.2 Å². The standard InChI is InChI=1S/C19H15N3O3/c20-11-13-5-7-14(8-6-13)12-22-17(23)19(21-18(22)24)9-10-25-16-4-2-1-3-15(16)19/h1-8H,9-10,12H2,(H,21,24)/t19-/m1/s1. The number of benzene rings is 2. The van der Waals surface area contributed by atoms with Crippen LogP contribution in [0.1, 0.15) is 23.1 Å². The molecule has 0 radical (unpaired) electrons. The van der Waals surface area contributed by atoms with Gasteiger partial charge in [-0.05, 0) is 23.8 Å². The van der Waals surface area contributed by atoms with E-state index in [4.69, 9.17) is 10.00 Å². The van der Waals surface area contributed by atoms with Crippen molar-refractivity contribution >= 4 is 11.9 Å². The van der Waals surface area contributed by atoms with Crippen LogP contribution in [0.4, 0.5) is 4.79 Å². The first-order valence-corrected chi connectivity index (χ1v) is 7.99. The Labute approximate surface area is 144 Å². The molecule has 2 aliphatic heterocycles. The minimum atomic E-state index is -1.06. The molecular weight excluding hydrogens is 318 g/mol. The SMILES string of the molecule is N#Cc1ccc(CN2C(=O)N[C@@]3(CCOc4ccccc43)C2=O)cc1. The maximum atomic E-state index is 13.1. The average molecular weight is 333 g/mol. The normalized spacial score (nSPS) is 21.5. The fourth-order valence-electron chi connectivity index (χ4n) is 3.38. The van der Waals surface area contributed by atoms with Gasteiger partial charge in [0.05, 0.1) is 24.8 Å². The van der Waals surface area contributed by atoms with Gasteiger partial charge in [0.1, 0.15) is 5.75 Å². The molecule has 0 saturated carbocycles. The summed E-state index contributed by atoms with van der Waals surface area (Å²) < 4.78 is 5.62. The molecule has 4 rings (SSSR count). The molecule has 6 heteroatoms. The first kappa shape index (κ1) is 15.2. The van der Waals surface area contributed by atoms with E-state index in [1.807, 2.05) is 24.3 Å². The van der Waals surface area contributed by atoms with Gasteiger partial charge in [0, 0.05) is 12.0 Å². The number of nitrogens with zero attached hydrogens (tertiary/aromatic N) is 2. The number of carbonyl (C=O) groups excluding carboxylic acids is 2. The number of rotatable bonds is 2. The largest absolute Gasteiger partial charge is 0.493 e. The Hall–Kier alpha value is -3.33. The number of fused-ring (bicyclic) bond motifs is 2. The van der Waals surface area contributed by atoms with E-state index in [0.717, 1.165) is 5.56 Å². The van der Waals surface area contributed by atoms with E-state index in [9.17, 15) is 9.59 Å². The van der Waals surface area contributed by atoms with Crippen molar-refractivity contribution in [3.63, 3.8) is 0 Å². The van der Waals surface area contributed by atoms with Crippen LogP contribution in [-0.4, -0.2) is 23.4 Å². The molecule has 2 heterocycles. The Kier molecular flexibility index (Phi) is 3.43. The molecule has 25 heavy (non-hydrogen) atoms. The highest BCUT2D eigenvalue weighted by molar-refractivity contribution is 6.07. The lowest BCUT2D eigenvalue weighted by atomic mass is 9.84. The third kappa shape index (κ3) is 2.32. The second kappa shape index (κ2) is 5.64. The minimum Gasteiger partial charge on any atom is -0.493 e. The Bertz CT molecular complexity index is 901. The van der Waals surface area contributed by atoms with Crippen LogP contribution in [0.5, 0.6) is 5.75 Å². The van der Waals surface area contributed by atoms with Crippen molar-refractivity contribution in [2.24, 2.45) is 0 Å². The average Bonchev–Trinajstić information content (AvgIpc) is 2.88. The van der Waals surface area contributed by atoms with E-state index in [0.29, 0.717) is 29.9 Å². The molecule has 124 valence electrons. The molecule has 0 bridgehead atoms. The highest BCUT2D eigenvalue weighted by Crippen LogP contribution is 2.41. The molecule has 2 aromatic rings. The van der Waals surface area contributed by atoms with Crippen LogP contribution in [0.15, 0.2) is 48.5 Å². The number of hydrogen-bond acceptors (Lipinski definition) is 4. The number of imide groups is 1. The molecule has 6 nitrogen and oxygen atoms in total. The molecule has 1 N–H and O–H groups in total. The molecule has 0 aromatic heterocycles. The Morgan fingerprint density at radius 3 is 2.68 bits per heavy atom. The second-order valence-corrected chi connectivity index (χ2v) is 6.13. The van der Waals surface area contributed by atoms with E-state index in [1.54, 1.807) is 30.3 Å². The number of ether oxygens (including phenoxy) is 1. The van der Waals surface area contributed by atoms with Gasteiger partial charge in [0.2, 0.25) is 0 Å². The van der Waals surface area contributed by atoms with Crippen molar-refractivity contribution in [2.75, 3.05) is 6.61 Å². The molecular formula is C19H15N3O3. The molecule has 0 aliphatic carbocycles. The zero-order valence-corrected chi connectivity index (χ0v) is 13.4. The third-order valence-electron chi connectivity index (χ3n) is 4.68. The number of urea groups is 1. The lowest BCUT2D eigenvalue weighted by Gasteiger charge is -2.33. The highest BCUT2D eigenvalue weighted by atomic mass is 16.5. The summed E-state index contributed by atoms with van der Waals surface area (Å²) in [5.74, 6) is 0.361. The highest BCUT2D eigenvalue weighted by Gasteiger charge is 2.54. The van der Waals surface area contributed by atoms with Gasteiger partial charge in [-0.15, -0.1) is 0 Å². The monoisotopic (exact) mass is 333 g/mol. The van der Waals surface area contributed by atoms with Crippen molar-refractivity contribution in [1.82, 2.24) is 10.2 Å². The van der Waals surface area contributed by atoms with Crippen LogP contribution in [-0.2, 0) is 16.9 Å². The third-order valence-corrected chi connectivity index (χ3v) is 4.68. The number of amides is 3. The van der Waals surface area contributed by atoms with Gasteiger partial charge in [0.25, 0.3) is 5.91 Å². The van der Waals surface area contributed by atoms with E-state index in [2.05, 4.69) is 5.32 Å². The van der Waals surface area contributed by atoms with Crippen LogP contribution in [0.25, 0.3) is 0 Å². The zero-order chi connectivity index (χ0) is 17.4. The molecule has 1 atom stereocenters. The first-order chi connectivity index (χ1) is 12.1. The fourth-order valence-corrected chi connectivity index (χ4v) is 3.38. The van der Waals surface area contributed by atoms with E-state index in [-0.39, 0.29) is 12.5 Å². The summed E-state index contributed by atoms with van der Waals surface area (Å²) in [6.45, 7) is 0.537. The molecule has 2 aromatic carbocycles. The summed E-state index contributed by atoms with van der Waals surface area (Å²) in [4.78, 5) is 26.8. The van der Waals surface area contributed by atoms with Gasteiger partial charge in [0.15, 0.2) is 5.54 Å². The Balaban J connectivity index is 1.66. The van der Waals surface area contributed by atoms with Gasteiger partial charge < -0.3 is 10.1 Å².